The van der Waals surface area contributed by atoms with E-state index in [-0.39, 0.29) is 0 Å². The predicted octanol–water partition coefficient (Wildman–Crippen LogP) is 3.06. The van der Waals surface area contributed by atoms with Gasteiger partial charge in [0.25, 0.3) is 0 Å². The number of aliphatic hydroxyl groups excluding tert-OH is 1. The Morgan fingerprint density at radius 3 is 2.46 bits per heavy atom. The Morgan fingerprint density at radius 1 is 1.38 bits per heavy atom. The Morgan fingerprint density at radius 2 is 2.00 bits per heavy atom. The van der Waals surface area contributed by atoms with Crippen LogP contribution in [0.3, 0.4) is 0 Å². The molecule has 0 saturated heterocycles. The first-order chi connectivity index (χ1) is 6.07. The molecule has 72 valence electrons. The SMILES string of the molecule is COc1ccc(Cl)c(C(C)O)c1Cl. The first-order valence-corrected chi connectivity index (χ1v) is 4.53. The van der Waals surface area contributed by atoms with Crippen LogP contribution in [0.2, 0.25) is 10.0 Å². The van der Waals surface area contributed by atoms with E-state index in [1.165, 1.54) is 7.11 Å². The van der Waals surface area contributed by atoms with Gasteiger partial charge in [0.05, 0.1) is 18.2 Å². The van der Waals surface area contributed by atoms with Crippen molar-refractivity contribution in [3.63, 3.8) is 0 Å². The average molecular weight is 221 g/mol. The van der Waals surface area contributed by atoms with E-state index in [4.69, 9.17) is 27.9 Å². The fraction of sp³-hybridized carbons (Fsp3) is 0.333. The van der Waals surface area contributed by atoms with Crippen LogP contribution in [0.15, 0.2) is 12.1 Å². The van der Waals surface area contributed by atoms with Gasteiger partial charge < -0.3 is 9.84 Å². The van der Waals surface area contributed by atoms with Gasteiger partial charge >= 0.3 is 0 Å². The Hall–Kier alpha value is -0.440. The van der Waals surface area contributed by atoms with Crippen LogP contribution in [0.1, 0.15) is 18.6 Å². The zero-order chi connectivity index (χ0) is 10.0. The van der Waals surface area contributed by atoms with E-state index < -0.39 is 6.10 Å². The van der Waals surface area contributed by atoms with Crippen LogP contribution in [0.4, 0.5) is 0 Å². The number of rotatable bonds is 2. The molecule has 0 fully saturated rings. The summed E-state index contributed by atoms with van der Waals surface area (Å²) in [5.41, 5.74) is 0.502. The predicted molar refractivity (Wildman–Crippen MR) is 53.6 cm³/mol. The number of benzene rings is 1. The van der Waals surface area contributed by atoms with Crippen molar-refractivity contribution in [1.82, 2.24) is 0 Å². The van der Waals surface area contributed by atoms with Gasteiger partial charge in [-0.05, 0) is 19.1 Å². The number of aliphatic hydroxyl groups is 1. The highest BCUT2D eigenvalue weighted by Gasteiger charge is 2.14. The van der Waals surface area contributed by atoms with Crippen LogP contribution in [0.25, 0.3) is 0 Å². The lowest BCUT2D eigenvalue weighted by Gasteiger charge is -2.12. The zero-order valence-corrected chi connectivity index (χ0v) is 8.86. The van der Waals surface area contributed by atoms with E-state index in [1.807, 2.05) is 0 Å². The molecule has 0 saturated carbocycles. The summed E-state index contributed by atoms with van der Waals surface area (Å²) in [5.74, 6) is 0.516. The molecule has 2 nitrogen and oxygen atoms in total. The summed E-state index contributed by atoms with van der Waals surface area (Å²) in [7, 11) is 1.51. The molecule has 1 aromatic rings. The van der Waals surface area contributed by atoms with Crippen LogP contribution >= 0.6 is 23.2 Å². The minimum Gasteiger partial charge on any atom is -0.495 e. The average Bonchev–Trinajstić information content (AvgIpc) is 2.04. The summed E-state index contributed by atoms with van der Waals surface area (Å²) in [5, 5.41) is 10.2. The molecule has 0 heterocycles. The molecule has 1 aromatic carbocycles. The van der Waals surface area contributed by atoms with Gasteiger partial charge in [-0.1, -0.05) is 23.2 Å². The molecule has 0 aromatic heterocycles. The van der Waals surface area contributed by atoms with E-state index in [0.29, 0.717) is 21.4 Å². The van der Waals surface area contributed by atoms with Gasteiger partial charge in [0.2, 0.25) is 0 Å². The lowest BCUT2D eigenvalue weighted by atomic mass is 10.1. The molecule has 0 aliphatic carbocycles. The monoisotopic (exact) mass is 220 g/mol. The minimum atomic E-state index is -0.699. The van der Waals surface area contributed by atoms with Gasteiger partial charge in [0, 0.05) is 10.6 Å². The quantitative estimate of drug-likeness (QED) is 0.831. The molecular formula is C9H10Cl2O2. The third-order valence-corrected chi connectivity index (χ3v) is 2.45. The number of hydrogen-bond donors (Lipinski definition) is 1. The Kier molecular flexibility index (Phi) is 3.42. The second-order valence-electron chi connectivity index (χ2n) is 2.65. The Labute approximate surface area is 87.0 Å². The van der Waals surface area contributed by atoms with Crippen molar-refractivity contribution in [1.29, 1.82) is 0 Å². The van der Waals surface area contributed by atoms with Gasteiger partial charge in [-0.25, -0.2) is 0 Å². The van der Waals surface area contributed by atoms with Crippen LogP contribution in [-0.4, -0.2) is 12.2 Å². The largest absolute Gasteiger partial charge is 0.495 e. The smallest absolute Gasteiger partial charge is 0.137 e. The number of hydrogen-bond acceptors (Lipinski definition) is 2. The molecule has 1 rings (SSSR count). The molecule has 0 bridgehead atoms. The van der Waals surface area contributed by atoms with Crippen molar-refractivity contribution >= 4 is 23.2 Å². The molecule has 1 unspecified atom stereocenters. The summed E-state index contributed by atoms with van der Waals surface area (Å²) in [4.78, 5) is 0. The maximum absolute atomic E-state index is 9.38. The Bertz CT molecular complexity index is 311. The van der Waals surface area contributed by atoms with E-state index in [1.54, 1.807) is 19.1 Å². The molecule has 0 amide bonds. The van der Waals surface area contributed by atoms with Gasteiger partial charge in [-0.2, -0.15) is 0 Å². The van der Waals surface area contributed by atoms with Crippen LogP contribution in [0.5, 0.6) is 5.75 Å². The topological polar surface area (TPSA) is 29.5 Å². The molecule has 0 aliphatic heterocycles. The summed E-state index contributed by atoms with van der Waals surface area (Å²) in [6.07, 6.45) is -0.699. The summed E-state index contributed by atoms with van der Waals surface area (Å²) < 4.78 is 4.99. The second kappa shape index (κ2) is 4.18. The van der Waals surface area contributed by atoms with Crippen molar-refractivity contribution in [3.05, 3.63) is 27.7 Å². The van der Waals surface area contributed by atoms with Gasteiger partial charge in [-0.15, -0.1) is 0 Å². The fourth-order valence-corrected chi connectivity index (χ4v) is 1.85. The first-order valence-electron chi connectivity index (χ1n) is 3.78. The number of methoxy groups -OCH3 is 1. The molecule has 1 N–H and O–H groups in total. The summed E-state index contributed by atoms with van der Waals surface area (Å²) in [6.45, 7) is 1.60. The molecule has 0 aliphatic rings. The number of ether oxygens (including phenoxy) is 1. The summed E-state index contributed by atoms with van der Waals surface area (Å²) in [6, 6.07) is 3.31. The Balaban J connectivity index is 3.30. The maximum atomic E-state index is 9.38. The van der Waals surface area contributed by atoms with Crippen molar-refractivity contribution in [2.45, 2.75) is 13.0 Å². The van der Waals surface area contributed by atoms with Crippen LogP contribution in [0, 0.1) is 0 Å². The molecule has 4 heteroatoms. The molecule has 1 atom stereocenters. The highest BCUT2D eigenvalue weighted by Crippen LogP contribution is 2.36. The molecule has 13 heavy (non-hydrogen) atoms. The second-order valence-corrected chi connectivity index (χ2v) is 3.44. The maximum Gasteiger partial charge on any atom is 0.137 e. The third-order valence-electron chi connectivity index (χ3n) is 1.73. The van der Waals surface area contributed by atoms with Gasteiger partial charge in [0.1, 0.15) is 5.75 Å². The van der Waals surface area contributed by atoms with Crippen LogP contribution in [-0.2, 0) is 0 Å². The lowest BCUT2D eigenvalue weighted by molar-refractivity contribution is 0.199. The van der Waals surface area contributed by atoms with E-state index in [9.17, 15) is 5.11 Å². The molecule has 0 radical (unpaired) electrons. The van der Waals surface area contributed by atoms with E-state index in [2.05, 4.69) is 0 Å². The summed E-state index contributed by atoms with van der Waals surface area (Å²) >= 11 is 11.8. The zero-order valence-electron chi connectivity index (χ0n) is 7.34. The highest BCUT2D eigenvalue weighted by atomic mass is 35.5. The standard InChI is InChI=1S/C9H10Cl2O2/c1-5(12)8-6(10)3-4-7(13-2)9(8)11/h3-5,12H,1-2H3. The van der Waals surface area contributed by atoms with Crippen molar-refractivity contribution in [2.75, 3.05) is 7.11 Å². The van der Waals surface area contributed by atoms with Crippen molar-refractivity contribution in [2.24, 2.45) is 0 Å². The van der Waals surface area contributed by atoms with Gasteiger partial charge in [-0.3, -0.25) is 0 Å². The highest BCUT2D eigenvalue weighted by molar-refractivity contribution is 6.37. The molecular weight excluding hydrogens is 211 g/mol. The first kappa shape index (κ1) is 10.6. The normalized spacial score (nSPS) is 12.7. The third kappa shape index (κ3) is 2.08. The van der Waals surface area contributed by atoms with E-state index >= 15 is 0 Å². The fourth-order valence-electron chi connectivity index (χ4n) is 1.09. The van der Waals surface area contributed by atoms with Crippen molar-refractivity contribution in [3.8, 4) is 5.75 Å². The number of halogens is 2. The van der Waals surface area contributed by atoms with Crippen molar-refractivity contribution < 1.29 is 9.84 Å². The van der Waals surface area contributed by atoms with Gasteiger partial charge in [0.15, 0.2) is 0 Å². The van der Waals surface area contributed by atoms with Crippen LogP contribution < -0.4 is 4.74 Å². The lowest BCUT2D eigenvalue weighted by Crippen LogP contribution is -1.96. The van der Waals surface area contributed by atoms with E-state index in [0.717, 1.165) is 0 Å². The minimum absolute atomic E-state index is 0.366. The molecule has 0 spiro atoms.